The molecule has 16 heavy (non-hydrogen) atoms. The Balaban J connectivity index is 0.00000225. The molecule has 0 radical (unpaired) electrons. The van der Waals surface area contributed by atoms with Crippen molar-refractivity contribution in [3.05, 3.63) is 35.4 Å². The predicted molar refractivity (Wildman–Crippen MR) is 66.7 cm³/mol. The van der Waals surface area contributed by atoms with E-state index in [9.17, 15) is 4.79 Å². The Morgan fingerprint density at radius 2 is 2.00 bits per heavy atom. The lowest BCUT2D eigenvalue weighted by Crippen LogP contribution is -2.23. The van der Waals surface area contributed by atoms with Gasteiger partial charge in [-0.2, -0.15) is 0 Å². The molecule has 1 aromatic carbocycles. The molecule has 90 valence electrons. The van der Waals surface area contributed by atoms with Crippen molar-refractivity contribution in [3.63, 3.8) is 0 Å². The van der Waals surface area contributed by atoms with E-state index in [4.69, 9.17) is 10.5 Å². The Hall–Kier alpha value is -1.06. The fourth-order valence-corrected chi connectivity index (χ4v) is 1.16. The van der Waals surface area contributed by atoms with Crippen LogP contribution in [0.5, 0.6) is 0 Å². The molecule has 0 aliphatic carbocycles. The molecular weight excluding hydrogens is 226 g/mol. The molecule has 0 aliphatic rings. The molecule has 1 rings (SSSR count). The maximum Gasteiger partial charge on any atom is 0.338 e. The summed E-state index contributed by atoms with van der Waals surface area (Å²) in [5.41, 5.74) is 6.51. The van der Waals surface area contributed by atoms with Gasteiger partial charge in [0.1, 0.15) is 5.60 Å². The monoisotopic (exact) mass is 243 g/mol. The summed E-state index contributed by atoms with van der Waals surface area (Å²) in [6.45, 7) is 5.96. The van der Waals surface area contributed by atoms with E-state index in [2.05, 4.69) is 0 Å². The van der Waals surface area contributed by atoms with E-state index in [-0.39, 0.29) is 18.4 Å². The highest BCUT2D eigenvalue weighted by molar-refractivity contribution is 5.89. The number of carbonyl (C=O) groups is 1. The number of benzene rings is 1. The smallest absolute Gasteiger partial charge is 0.338 e. The Morgan fingerprint density at radius 1 is 1.38 bits per heavy atom. The zero-order chi connectivity index (χ0) is 11.5. The van der Waals surface area contributed by atoms with Gasteiger partial charge in [-0.15, -0.1) is 12.4 Å². The van der Waals surface area contributed by atoms with E-state index in [0.717, 1.165) is 5.56 Å². The Morgan fingerprint density at radius 3 is 2.50 bits per heavy atom. The average Bonchev–Trinajstić information content (AvgIpc) is 2.15. The van der Waals surface area contributed by atoms with Gasteiger partial charge in [0.25, 0.3) is 0 Å². The van der Waals surface area contributed by atoms with Crippen molar-refractivity contribution in [3.8, 4) is 0 Å². The van der Waals surface area contributed by atoms with E-state index in [1.165, 1.54) is 0 Å². The predicted octanol–water partition coefficient (Wildman–Crippen LogP) is 2.52. The molecule has 0 aliphatic heterocycles. The molecule has 0 heterocycles. The van der Waals surface area contributed by atoms with Gasteiger partial charge in [-0.05, 0) is 38.5 Å². The highest BCUT2D eigenvalue weighted by Gasteiger charge is 2.17. The number of nitrogens with two attached hydrogens (primary N) is 1. The van der Waals surface area contributed by atoms with Crippen molar-refractivity contribution in [2.24, 2.45) is 5.73 Å². The SMILES string of the molecule is CC(C)(C)OC(=O)c1cccc(CN)c1.Cl. The minimum absolute atomic E-state index is 0. The van der Waals surface area contributed by atoms with E-state index in [1.54, 1.807) is 18.2 Å². The third-order valence-corrected chi connectivity index (χ3v) is 1.80. The normalized spacial score (nSPS) is 10.5. The van der Waals surface area contributed by atoms with Crippen LogP contribution in [0, 0.1) is 0 Å². The Kier molecular flexibility index (Phi) is 5.48. The summed E-state index contributed by atoms with van der Waals surface area (Å²) in [4.78, 5) is 11.7. The lowest BCUT2D eigenvalue weighted by molar-refractivity contribution is 0.00694. The first-order chi connectivity index (χ1) is 6.92. The maximum absolute atomic E-state index is 11.7. The number of rotatable bonds is 2. The van der Waals surface area contributed by atoms with E-state index in [0.29, 0.717) is 12.1 Å². The van der Waals surface area contributed by atoms with Gasteiger partial charge >= 0.3 is 5.97 Å². The number of halogens is 1. The van der Waals surface area contributed by atoms with Crippen LogP contribution in [0.25, 0.3) is 0 Å². The van der Waals surface area contributed by atoms with Gasteiger partial charge in [0, 0.05) is 6.54 Å². The summed E-state index contributed by atoms with van der Waals surface area (Å²) in [5, 5.41) is 0. The minimum atomic E-state index is -0.462. The first kappa shape index (κ1) is 14.9. The summed E-state index contributed by atoms with van der Waals surface area (Å²) in [6, 6.07) is 7.18. The van der Waals surface area contributed by atoms with Crippen LogP contribution < -0.4 is 5.73 Å². The van der Waals surface area contributed by atoms with E-state index < -0.39 is 5.60 Å². The van der Waals surface area contributed by atoms with Crippen molar-refractivity contribution >= 4 is 18.4 Å². The zero-order valence-corrected chi connectivity index (χ0v) is 10.6. The van der Waals surface area contributed by atoms with Crippen molar-refractivity contribution in [2.75, 3.05) is 0 Å². The van der Waals surface area contributed by atoms with Crippen LogP contribution >= 0.6 is 12.4 Å². The average molecular weight is 244 g/mol. The molecule has 0 unspecified atom stereocenters. The molecule has 0 amide bonds. The maximum atomic E-state index is 11.7. The van der Waals surface area contributed by atoms with E-state index in [1.807, 2.05) is 26.8 Å². The zero-order valence-electron chi connectivity index (χ0n) is 9.82. The number of carbonyl (C=O) groups excluding carboxylic acids is 1. The molecule has 0 atom stereocenters. The lowest BCUT2D eigenvalue weighted by Gasteiger charge is -2.19. The third kappa shape index (κ3) is 4.64. The fraction of sp³-hybridized carbons (Fsp3) is 0.417. The number of ether oxygens (including phenoxy) is 1. The molecular formula is C12H18ClNO2. The standard InChI is InChI=1S/C12H17NO2.ClH/c1-12(2,3)15-11(14)10-6-4-5-9(7-10)8-13;/h4-7H,8,13H2,1-3H3;1H. The molecule has 2 N–H and O–H groups in total. The van der Waals surface area contributed by atoms with Crippen LogP contribution in [-0.2, 0) is 11.3 Å². The van der Waals surface area contributed by atoms with Crippen molar-refractivity contribution in [2.45, 2.75) is 32.9 Å². The molecule has 0 saturated carbocycles. The first-order valence-corrected chi connectivity index (χ1v) is 4.95. The topological polar surface area (TPSA) is 52.3 Å². The van der Waals surface area contributed by atoms with Crippen molar-refractivity contribution < 1.29 is 9.53 Å². The van der Waals surface area contributed by atoms with Gasteiger partial charge < -0.3 is 10.5 Å². The van der Waals surface area contributed by atoms with Gasteiger partial charge in [-0.25, -0.2) is 4.79 Å². The molecule has 1 aromatic rings. The largest absolute Gasteiger partial charge is 0.456 e. The highest BCUT2D eigenvalue weighted by atomic mass is 35.5. The lowest BCUT2D eigenvalue weighted by atomic mass is 10.1. The van der Waals surface area contributed by atoms with Gasteiger partial charge in [-0.1, -0.05) is 12.1 Å². The number of hydrogen-bond donors (Lipinski definition) is 1. The van der Waals surface area contributed by atoms with Crippen LogP contribution in [0.15, 0.2) is 24.3 Å². The Bertz CT molecular complexity index is 358. The van der Waals surface area contributed by atoms with Crippen LogP contribution in [0.4, 0.5) is 0 Å². The van der Waals surface area contributed by atoms with Crippen molar-refractivity contribution in [1.82, 2.24) is 0 Å². The fourth-order valence-electron chi connectivity index (χ4n) is 1.16. The third-order valence-electron chi connectivity index (χ3n) is 1.80. The van der Waals surface area contributed by atoms with Crippen molar-refractivity contribution in [1.29, 1.82) is 0 Å². The van der Waals surface area contributed by atoms with Crippen LogP contribution in [0.3, 0.4) is 0 Å². The van der Waals surface area contributed by atoms with Gasteiger partial charge in [-0.3, -0.25) is 0 Å². The minimum Gasteiger partial charge on any atom is -0.456 e. The van der Waals surface area contributed by atoms with Gasteiger partial charge in [0.05, 0.1) is 5.56 Å². The summed E-state index contributed by atoms with van der Waals surface area (Å²) >= 11 is 0. The first-order valence-electron chi connectivity index (χ1n) is 4.95. The molecule has 0 saturated heterocycles. The van der Waals surface area contributed by atoms with Crippen LogP contribution in [0.2, 0.25) is 0 Å². The number of esters is 1. The summed E-state index contributed by atoms with van der Waals surface area (Å²) < 4.78 is 5.24. The summed E-state index contributed by atoms with van der Waals surface area (Å²) in [6.07, 6.45) is 0. The number of hydrogen-bond acceptors (Lipinski definition) is 3. The molecule has 4 heteroatoms. The highest BCUT2D eigenvalue weighted by Crippen LogP contribution is 2.13. The van der Waals surface area contributed by atoms with Crippen LogP contribution in [0.1, 0.15) is 36.7 Å². The molecule has 3 nitrogen and oxygen atoms in total. The quantitative estimate of drug-likeness (QED) is 0.812. The van der Waals surface area contributed by atoms with E-state index >= 15 is 0 Å². The van der Waals surface area contributed by atoms with Gasteiger partial charge in [0.2, 0.25) is 0 Å². The second-order valence-corrected chi connectivity index (χ2v) is 4.41. The Labute approximate surface area is 102 Å². The molecule has 0 aromatic heterocycles. The van der Waals surface area contributed by atoms with Gasteiger partial charge in [0.15, 0.2) is 0 Å². The molecule has 0 spiro atoms. The second kappa shape index (κ2) is 5.87. The molecule has 0 bridgehead atoms. The summed E-state index contributed by atoms with van der Waals surface area (Å²) in [5.74, 6) is -0.308. The second-order valence-electron chi connectivity index (χ2n) is 4.41. The summed E-state index contributed by atoms with van der Waals surface area (Å²) in [7, 11) is 0. The molecule has 0 fully saturated rings. The van der Waals surface area contributed by atoms with Crippen LogP contribution in [-0.4, -0.2) is 11.6 Å².